The second kappa shape index (κ2) is 6.79. The molecule has 1 N–H and O–H groups in total. The maximum Gasteiger partial charge on any atom is 0.222 e. The summed E-state index contributed by atoms with van der Waals surface area (Å²) in [4.78, 5) is 16.2. The van der Waals surface area contributed by atoms with Crippen LogP contribution in [0, 0.1) is 0 Å². The first-order chi connectivity index (χ1) is 11.1. The minimum atomic E-state index is 0.270. The normalized spacial score (nSPS) is 25.1. The van der Waals surface area contributed by atoms with Crippen LogP contribution in [0.3, 0.4) is 0 Å². The standard InChI is InChI=1S/C18H27N3O2/c1-13-10-21(11-14(2)19-13)16-9-15(6-7-17(16)23-3)12-20-8-4-5-18(20)22/h6-7,9,13-14,19H,4-5,8,10-12H2,1-3H3/t13-,14-/m1/s1. The molecule has 126 valence electrons. The van der Waals surface area contributed by atoms with Gasteiger partial charge in [-0.2, -0.15) is 0 Å². The van der Waals surface area contributed by atoms with Gasteiger partial charge in [-0.3, -0.25) is 4.79 Å². The average Bonchev–Trinajstić information content (AvgIpc) is 2.91. The lowest BCUT2D eigenvalue weighted by Gasteiger charge is -2.38. The number of nitrogens with one attached hydrogen (secondary N) is 1. The van der Waals surface area contributed by atoms with Crippen molar-refractivity contribution in [2.24, 2.45) is 0 Å². The molecule has 2 heterocycles. The second-order valence-corrected chi connectivity index (χ2v) is 6.80. The number of hydrogen-bond acceptors (Lipinski definition) is 4. The summed E-state index contributed by atoms with van der Waals surface area (Å²) >= 11 is 0. The molecule has 1 aromatic rings. The van der Waals surface area contributed by atoms with Crippen molar-refractivity contribution in [3.8, 4) is 5.75 Å². The summed E-state index contributed by atoms with van der Waals surface area (Å²) in [5.74, 6) is 1.18. The van der Waals surface area contributed by atoms with E-state index in [2.05, 4.69) is 36.2 Å². The summed E-state index contributed by atoms with van der Waals surface area (Å²) in [6.07, 6.45) is 1.67. The third kappa shape index (κ3) is 3.61. The predicted octanol–water partition coefficient (Wildman–Crippen LogP) is 2.00. The number of anilines is 1. The summed E-state index contributed by atoms with van der Waals surface area (Å²) in [5.41, 5.74) is 2.31. The Hall–Kier alpha value is -1.75. The Labute approximate surface area is 138 Å². The Kier molecular flexibility index (Phi) is 4.76. The van der Waals surface area contributed by atoms with Crippen LogP contribution in [0.2, 0.25) is 0 Å². The molecule has 2 aliphatic rings. The van der Waals surface area contributed by atoms with Gasteiger partial charge < -0.3 is 19.9 Å². The minimum absolute atomic E-state index is 0.270. The first kappa shape index (κ1) is 16.1. The SMILES string of the molecule is COc1ccc(CN2CCCC2=O)cc1N1C[C@@H](C)N[C@H](C)C1. The molecule has 0 unspecified atom stereocenters. The van der Waals surface area contributed by atoms with Gasteiger partial charge in [-0.25, -0.2) is 0 Å². The first-order valence-corrected chi connectivity index (χ1v) is 8.52. The molecule has 2 aliphatic heterocycles. The lowest BCUT2D eigenvalue weighted by Crippen LogP contribution is -2.54. The fraction of sp³-hybridized carbons (Fsp3) is 0.611. The number of methoxy groups -OCH3 is 1. The molecule has 2 saturated heterocycles. The number of nitrogens with zero attached hydrogens (tertiary/aromatic N) is 2. The van der Waals surface area contributed by atoms with Crippen LogP contribution in [-0.4, -0.2) is 49.6 Å². The Morgan fingerprint density at radius 1 is 1.26 bits per heavy atom. The van der Waals surface area contributed by atoms with Crippen LogP contribution >= 0.6 is 0 Å². The van der Waals surface area contributed by atoms with Gasteiger partial charge in [-0.1, -0.05) is 6.07 Å². The van der Waals surface area contributed by atoms with E-state index in [-0.39, 0.29) is 5.91 Å². The van der Waals surface area contributed by atoms with Crippen LogP contribution in [-0.2, 0) is 11.3 Å². The van der Waals surface area contributed by atoms with E-state index in [0.29, 0.717) is 25.0 Å². The van der Waals surface area contributed by atoms with Crippen molar-refractivity contribution in [3.63, 3.8) is 0 Å². The molecule has 5 heteroatoms. The van der Waals surface area contributed by atoms with E-state index in [1.807, 2.05) is 11.0 Å². The first-order valence-electron chi connectivity index (χ1n) is 8.52. The topological polar surface area (TPSA) is 44.8 Å². The number of amides is 1. The van der Waals surface area contributed by atoms with Gasteiger partial charge in [-0.05, 0) is 38.0 Å². The van der Waals surface area contributed by atoms with Gasteiger partial charge in [0.1, 0.15) is 5.75 Å². The van der Waals surface area contributed by atoms with Gasteiger partial charge in [0.05, 0.1) is 12.8 Å². The molecule has 1 aromatic carbocycles. The quantitative estimate of drug-likeness (QED) is 0.922. The maximum absolute atomic E-state index is 11.9. The van der Waals surface area contributed by atoms with E-state index in [1.54, 1.807) is 7.11 Å². The number of hydrogen-bond donors (Lipinski definition) is 1. The summed E-state index contributed by atoms with van der Waals surface area (Å²) in [6, 6.07) is 7.19. The average molecular weight is 317 g/mol. The molecular formula is C18H27N3O2. The highest BCUT2D eigenvalue weighted by Crippen LogP contribution is 2.31. The molecule has 0 spiro atoms. The summed E-state index contributed by atoms with van der Waals surface area (Å²) in [6.45, 7) is 7.93. The molecule has 0 radical (unpaired) electrons. The molecule has 0 aliphatic carbocycles. The van der Waals surface area contributed by atoms with E-state index in [1.165, 1.54) is 5.56 Å². The van der Waals surface area contributed by atoms with Gasteiger partial charge in [0.15, 0.2) is 0 Å². The summed E-state index contributed by atoms with van der Waals surface area (Å²) in [7, 11) is 1.72. The van der Waals surface area contributed by atoms with Crippen LogP contribution in [0.4, 0.5) is 5.69 Å². The Balaban J connectivity index is 1.82. The molecular weight excluding hydrogens is 290 g/mol. The van der Waals surface area contributed by atoms with E-state index in [4.69, 9.17) is 4.74 Å². The van der Waals surface area contributed by atoms with E-state index in [9.17, 15) is 4.79 Å². The molecule has 1 amide bonds. The van der Waals surface area contributed by atoms with Crippen LogP contribution < -0.4 is 15.0 Å². The number of carbonyl (C=O) groups is 1. The van der Waals surface area contributed by atoms with Crippen LogP contribution in [0.5, 0.6) is 5.75 Å². The molecule has 2 atom stereocenters. The fourth-order valence-corrected chi connectivity index (χ4v) is 3.70. The van der Waals surface area contributed by atoms with E-state index < -0.39 is 0 Å². The second-order valence-electron chi connectivity index (χ2n) is 6.80. The Morgan fingerprint density at radius 3 is 2.61 bits per heavy atom. The highest BCUT2D eigenvalue weighted by molar-refractivity contribution is 5.78. The van der Waals surface area contributed by atoms with E-state index >= 15 is 0 Å². The predicted molar refractivity (Wildman–Crippen MR) is 91.9 cm³/mol. The lowest BCUT2D eigenvalue weighted by atomic mass is 10.1. The third-order valence-corrected chi connectivity index (χ3v) is 4.69. The zero-order valence-electron chi connectivity index (χ0n) is 14.3. The number of carbonyl (C=O) groups excluding carboxylic acids is 1. The molecule has 5 nitrogen and oxygen atoms in total. The summed E-state index contributed by atoms with van der Waals surface area (Å²) < 4.78 is 5.57. The fourth-order valence-electron chi connectivity index (χ4n) is 3.70. The van der Waals surface area contributed by atoms with Gasteiger partial charge in [0.25, 0.3) is 0 Å². The largest absolute Gasteiger partial charge is 0.495 e. The highest BCUT2D eigenvalue weighted by atomic mass is 16.5. The monoisotopic (exact) mass is 317 g/mol. The highest BCUT2D eigenvalue weighted by Gasteiger charge is 2.25. The number of benzene rings is 1. The minimum Gasteiger partial charge on any atom is -0.495 e. The number of likely N-dealkylation sites (tertiary alicyclic amines) is 1. The van der Waals surface area contributed by atoms with Gasteiger partial charge >= 0.3 is 0 Å². The van der Waals surface area contributed by atoms with Crippen LogP contribution in [0.25, 0.3) is 0 Å². The van der Waals surface area contributed by atoms with Crippen molar-refractivity contribution in [1.29, 1.82) is 0 Å². The number of ether oxygens (including phenoxy) is 1. The van der Waals surface area contributed by atoms with Crippen molar-refractivity contribution in [2.45, 2.75) is 45.3 Å². The van der Waals surface area contributed by atoms with Crippen molar-refractivity contribution >= 4 is 11.6 Å². The molecule has 2 fully saturated rings. The van der Waals surface area contributed by atoms with Gasteiger partial charge in [0.2, 0.25) is 5.91 Å². The van der Waals surface area contributed by atoms with Gasteiger partial charge in [0, 0.05) is 44.7 Å². The van der Waals surface area contributed by atoms with Crippen molar-refractivity contribution in [1.82, 2.24) is 10.2 Å². The van der Waals surface area contributed by atoms with Crippen molar-refractivity contribution in [2.75, 3.05) is 31.6 Å². The van der Waals surface area contributed by atoms with Gasteiger partial charge in [-0.15, -0.1) is 0 Å². The number of piperazine rings is 1. The molecule has 23 heavy (non-hydrogen) atoms. The smallest absolute Gasteiger partial charge is 0.222 e. The third-order valence-electron chi connectivity index (χ3n) is 4.69. The van der Waals surface area contributed by atoms with Crippen LogP contribution in [0.1, 0.15) is 32.3 Å². The van der Waals surface area contributed by atoms with Crippen molar-refractivity contribution in [3.05, 3.63) is 23.8 Å². The molecule has 0 bridgehead atoms. The van der Waals surface area contributed by atoms with Crippen molar-refractivity contribution < 1.29 is 9.53 Å². The van der Waals surface area contributed by atoms with Crippen LogP contribution in [0.15, 0.2) is 18.2 Å². The maximum atomic E-state index is 11.9. The molecule has 0 saturated carbocycles. The lowest BCUT2D eigenvalue weighted by molar-refractivity contribution is -0.128. The molecule has 0 aromatic heterocycles. The summed E-state index contributed by atoms with van der Waals surface area (Å²) in [5, 5.41) is 3.56. The van der Waals surface area contributed by atoms with E-state index in [0.717, 1.165) is 37.5 Å². The number of rotatable bonds is 4. The zero-order chi connectivity index (χ0) is 16.4. The Morgan fingerprint density at radius 2 is 2.00 bits per heavy atom. The molecule has 3 rings (SSSR count). The Bertz CT molecular complexity index is 565. The zero-order valence-corrected chi connectivity index (χ0v) is 14.3.